The summed E-state index contributed by atoms with van der Waals surface area (Å²) < 4.78 is 26.0. The topological polar surface area (TPSA) is 46.2 Å². The van der Waals surface area contributed by atoms with Gasteiger partial charge in [0.1, 0.15) is 0 Å². The molecule has 21 heavy (non-hydrogen) atoms. The highest BCUT2D eigenvalue weighted by Gasteiger charge is 2.41. The van der Waals surface area contributed by atoms with Crippen LogP contribution in [0.2, 0.25) is 0 Å². The van der Waals surface area contributed by atoms with E-state index in [-0.39, 0.29) is 22.5 Å². The lowest BCUT2D eigenvalue weighted by Gasteiger charge is -2.38. The molecule has 0 aromatic carbocycles. The summed E-state index contributed by atoms with van der Waals surface area (Å²) in [6.07, 6.45) is 6.43. The third kappa shape index (κ3) is 4.95. The molecule has 1 fully saturated rings. The van der Waals surface area contributed by atoms with Crippen LogP contribution >= 0.6 is 0 Å². The number of hydrogen-bond donors (Lipinski definition) is 1. The monoisotopic (exact) mass is 317 g/mol. The van der Waals surface area contributed by atoms with E-state index in [4.69, 9.17) is 0 Å². The quantitative estimate of drug-likeness (QED) is 0.741. The molecular weight excluding hydrogens is 282 g/mol. The fourth-order valence-corrected chi connectivity index (χ4v) is 6.00. The summed E-state index contributed by atoms with van der Waals surface area (Å²) >= 11 is 0. The standard InChI is InChI=1S/C17H35NO2S/c1-6-8-15-9-10-16(18-11-7-2)17(12-15)21(19,20)14(5)13(3)4/h13-18H,6-12H2,1-5H3. The minimum atomic E-state index is -3.05. The SMILES string of the molecule is CCCNC1CCC(CCC)CC1S(=O)(=O)C(C)C(C)C. The smallest absolute Gasteiger partial charge is 0.157 e. The molecule has 1 rings (SSSR count). The van der Waals surface area contributed by atoms with Crippen molar-refractivity contribution in [2.24, 2.45) is 11.8 Å². The minimum Gasteiger partial charge on any atom is -0.313 e. The van der Waals surface area contributed by atoms with Crippen LogP contribution in [0.3, 0.4) is 0 Å². The van der Waals surface area contributed by atoms with Gasteiger partial charge < -0.3 is 5.32 Å². The van der Waals surface area contributed by atoms with Crippen LogP contribution in [0.15, 0.2) is 0 Å². The van der Waals surface area contributed by atoms with Crippen LogP contribution in [0, 0.1) is 11.8 Å². The molecule has 1 aliphatic carbocycles. The summed E-state index contributed by atoms with van der Waals surface area (Å²) in [6, 6.07) is 0.157. The van der Waals surface area contributed by atoms with E-state index in [0.29, 0.717) is 5.92 Å². The van der Waals surface area contributed by atoms with Crippen molar-refractivity contribution in [3.8, 4) is 0 Å². The maximum atomic E-state index is 13.0. The molecule has 1 saturated carbocycles. The first-order chi connectivity index (χ1) is 9.84. The third-order valence-electron chi connectivity index (χ3n) is 5.13. The van der Waals surface area contributed by atoms with E-state index in [9.17, 15) is 8.42 Å². The Morgan fingerprint density at radius 3 is 2.29 bits per heavy atom. The van der Waals surface area contributed by atoms with Crippen molar-refractivity contribution >= 4 is 9.84 Å². The van der Waals surface area contributed by atoms with Gasteiger partial charge in [0, 0.05) is 6.04 Å². The fraction of sp³-hybridized carbons (Fsp3) is 1.00. The van der Waals surface area contributed by atoms with Crippen molar-refractivity contribution in [2.45, 2.75) is 89.7 Å². The number of nitrogens with one attached hydrogen (secondary N) is 1. The van der Waals surface area contributed by atoms with Crippen LogP contribution in [0.25, 0.3) is 0 Å². The van der Waals surface area contributed by atoms with Crippen LogP contribution in [-0.2, 0) is 9.84 Å². The molecule has 0 heterocycles. The molecular formula is C17H35NO2S. The number of rotatable bonds is 8. The molecule has 1 N–H and O–H groups in total. The normalized spacial score (nSPS) is 28.8. The Hall–Kier alpha value is -0.0900. The predicted octanol–water partition coefficient (Wildman–Crippen LogP) is 3.78. The lowest BCUT2D eigenvalue weighted by atomic mass is 9.83. The van der Waals surface area contributed by atoms with Crippen LogP contribution in [0.1, 0.15) is 73.1 Å². The summed E-state index contributed by atoms with van der Waals surface area (Å²) in [7, 11) is -3.05. The molecule has 0 aliphatic heterocycles. The van der Waals surface area contributed by atoms with Gasteiger partial charge in [0.2, 0.25) is 0 Å². The Morgan fingerprint density at radius 2 is 1.76 bits per heavy atom. The van der Waals surface area contributed by atoms with Gasteiger partial charge in [0.05, 0.1) is 10.5 Å². The number of hydrogen-bond acceptors (Lipinski definition) is 3. The minimum absolute atomic E-state index is 0.157. The van der Waals surface area contributed by atoms with Gasteiger partial charge in [-0.25, -0.2) is 8.42 Å². The molecule has 1 aliphatic rings. The molecule has 0 spiro atoms. The van der Waals surface area contributed by atoms with Crippen molar-refractivity contribution in [3.63, 3.8) is 0 Å². The Morgan fingerprint density at radius 1 is 1.10 bits per heavy atom. The summed E-state index contributed by atoms with van der Waals surface area (Å²) in [6.45, 7) is 11.2. The molecule has 0 aromatic heterocycles. The average molecular weight is 318 g/mol. The molecule has 0 radical (unpaired) electrons. The molecule has 126 valence electrons. The van der Waals surface area contributed by atoms with Crippen molar-refractivity contribution in [3.05, 3.63) is 0 Å². The third-order valence-corrected chi connectivity index (χ3v) is 8.08. The molecule has 0 amide bonds. The molecule has 0 bridgehead atoms. The second kappa shape index (κ2) is 8.52. The van der Waals surface area contributed by atoms with Gasteiger partial charge >= 0.3 is 0 Å². The first-order valence-corrected chi connectivity index (χ1v) is 10.4. The van der Waals surface area contributed by atoms with Gasteiger partial charge in [-0.05, 0) is 51.0 Å². The predicted molar refractivity (Wildman–Crippen MR) is 91.3 cm³/mol. The first-order valence-electron chi connectivity index (χ1n) is 8.80. The van der Waals surface area contributed by atoms with E-state index in [1.54, 1.807) is 0 Å². The summed E-state index contributed by atoms with van der Waals surface area (Å²) in [5.41, 5.74) is 0. The van der Waals surface area contributed by atoms with Gasteiger partial charge in [0.25, 0.3) is 0 Å². The number of sulfone groups is 1. The average Bonchev–Trinajstić information content (AvgIpc) is 2.45. The van der Waals surface area contributed by atoms with E-state index in [0.717, 1.165) is 32.2 Å². The molecule has 3 nitrogen and oxygen atoms in total. The second-order valence-electron chi connectivity index (χ2n) is 7.10. The highest BCUT2D eigenvalue weighted by Crippen LogP contribution is 2.34. The second-order valence-corrected chi connectivity index (χ2v) is 9.63. The van der Waals surface area contributed by atoms with Crippen LogP contribution < -0.4 is 5.32 Å². The van der Waals surface area contributed by atoms with Crippen LogP contribution in [-0.4, -0.2) is 31.5 Å². The van der Waals surface area contributed by atoms with Crippen molar-refractivity contribution in [1.29, 1.82) is 0 Å². The molecule has 0 aromatic rings. The van der Waals surface area contributed by atoms with Gasteiger partial charge in [-0.15, -0.1) is 0 Å². The summed E-state index contributed by atoms with van der Waals surface area (Å²) in [5, 5.41) is 3.07. The fourth-order valence-electron chi connectivity index (χ4n) is 3.46. The zero-order valence-corrected chi connectivity index (χ0v) is 15.4. The highest BCUT2D eigenvalue weighted by molar-refractivity contribution is 7.92. The summed E-state index contributed by atoms with van der Waals surface area (Å²) in [4.78, 5) is 0. The Labute approximate surface area is 132 Å². The highest BCUT2D eigenvalue weighted by atomic mass is 32.2. The zero-order chi connectivity index (χ0) is 16.0. The van der Waals surface area contributed by atoms with Crippen molar-refractivity contribution in [2.75, 3.05) is 6.54 Å². The first kappa shape index (κ1) is 19.0. The van der Waals surface area contributed by atoms with Gasteiger partial charge in [-0.1, -0.05) is 40.5 Å². The van der Waals surface area contributed by atoms with E-state index < -0.39 is 9.84 Å². The molecule has 4 unspecified atom stereocenters. The lowest BCUT2D eigenvalue weighted by Crippen LogP contribution is -2.51. The van der Waals surface area contributed by atoms with E-state index in [2.05, 4.69) is 19.2 Å². The zero-order valence-electron chi connectivity index (χ0n) is 14.6. The maximum absolute atomic E-state index is 13.0. The Kier molecular flexibility index (Phi) is 7.69. The van der Waals surface area contributed by atoms with Crippen LogP contribution in [0.5, 0.6) is 0 Å². The maximum Gasteiger partial charge on any atom is 0.157 e. The van der Waals surface area contributed by atoms with Gasteiger partial charge in [-0.3, -0.25) is 0 Å². The van der Waals surface area contributed by atoms with Gasteiger partial charge in [0.15, 0.2) is 9.84 Å². The van der Waals surface area contributed by atoms with E-state index in [1.165, 1.54) is 12.8 Å². The Bertz CT molecular complexity index is 392. The van der Waals surface area contributed by atoms with Crippen molar-refractivity contribution < 1.29 is 8.42 Å². The van der Waals surface area contributed by atoms with E-state index >= 15 is 0 Å². The van der Waals surface area contributed by atoms with Crippen LogP contribution in [0.4, 0.5) is 0 Å². The lowest BCUT2D eigenvalue weighted by molar-refractivity contribution is 0.278. The summed E-state index contributed by atoms with van der Waals surface area (Å²) in [5.74, 6) is 0.780. The van der Waals surface area contributed by atoms with Gasteiger partial charge in [-0.2, -0.15) is 0 Å². The largest absolute Gasteiger partial charge is 0.313 e. The Balaban J connectivity index is 2.91. The molecule has 4 heteroatoms. The molecule has 0 saturated heterocycles. The molecule has 4 atom stereocenters. The van der Waals surface area contributed by atoms with Crippen molar-refractivity contribution in [1.82, 2.24) is 5.32 Å². The van der Waals surface area contributed by atoms with E-state index in [1.807, 2.05) is 20.8 Å².